The molecule has 0 bridgehead atoms. The summed E-state index contributed by atoms with van der Waals surface area (Å²) < 4.78 is 0. The number of hydrogen-bond acceptors (Lipinski definition) is 2. The quantitative estimate of drug-likeness (QED) is 0.749. The highest BCUT2D eigenvalue weighted by Crippen LogP contribution is 2.16. The number of thioether (sulfide) groups is 1. The number of carbonyl (C=O) groups is 1. The number of amides is 1. The first kappa shape index (κ1) is 18.0. The van der Waals surface area contributed by atoms with Crippen molar-refractivity contribution in [1.82, 2.24) is 5.32 Å². The lowest BCUT2D eigenvalue weighted by Crippen LogP contribution is -3.11. The summed E-state index contributed by atoms with van der Waals surface area (Å²) in [6.07, 6.45) is 4.12. The molecule has 0 aliphatic carbocycles. The van der Waals surface area contributed by atoms with Crippen LogP contribution in [0.15, 0.2) is 59.5 Å². The highest BCUT2D eigenvalue weighted by molar-refractivity contribution is 8.00. The van der Waals surface area contributed by atoms with Gasteiger partial charge >= 0.3 is 0 Å². The Labute approximate surface area is 154 Å². The molecule has 2 N–H and O–H groups in total. The molecule has 1 saturated heterocycles. The van der Waals surface area contributed by atoms with Crippen LogP contribution in [0, 0.1) is 0 Å². The molecule has 3 nitrogen and oxygen atoms in total. The second-order valence-corrected chi connectivity index (χ2v) is 7.73. The molecule has 0 radical (unpaired) electrons. The van der Waals surface area contributed by atoms with E-state index in [0.29, 0.717) is 12.3 Å². The molecule has 0 aromatic heterocycles. The zero-order chi connectivity index (χ0) is 17.3. The molecule has 25 heavy (non-hydrogen) atoms. The minimum absolute atomic E-state index is 0.0793. The summed E-state index contributed by atoms with van der Waals surface area (Å²) >= 11 is 1.57. The maximum Gasteiger partial charge on any atom is 0.230 e. The van der Waals surface area contributed by atoms with E-state index in [-0.39, 0.29) is 5.91 Å². The lowest BCUT2D eigenvalue weighted by Gasteiger charge is -2.23. The van der Waals surface area contributed by atoms with Gasteiger partial charge in [0.15, 0.2) is 0 Å². The minimum atomic E-state index is 0.0793. The zero-order valence-electron chi connectivity index (χ0n) is 14.7. The van der Waals surface area contributed by atoms with E-state index in [4.69, 9.17) is 0 Å². The third-order valence-electron chi connectivity index (χ3n) is 4.64. The van der Waals surface area contributed by atoms with E-state index in [1.165, 1.54) is 37.9 Å². The van der Waals surface area contributed by atoms with Crippen LogP contribution in [0.1, 0.15) is 30.4 Å². The molecule has 1 aliphatic heterocycles. The van der Waals surface area contributed by atoms with Crippen LogP contribution in [0.25, 0.3) is 0 Å². The average Bonchev–Trinajstić information content (AvgIpc) is 2.67. The highest BCUT2D eigenvalue weighted by Gasteiger charge is 2.13. The van der Waals surface area contributed by atoms with Crippen molar-refractivity contribution in [3.8, 4) is 0 Å². The number of carbonyl (C=O) groups excluding carboxylic acids is 1. The van der Waals surface area contributed by atoms with Gasteiger partial charge in [0.25, 0.3) is 0 Å². The maximum atomic E-state index is 12.0. The van der Waals surface area contributed by atoms with Gasteiger partial charge in [-0.3, -0.25) is 4.79 Å². The van der Waals surface area contributed by atoms with E-state index in [1.54, 1.807) is 16.7 Å². The van der Waals surface area contributed by atoms with Gasteiger partial charge in [-0.25, -0.2) is 0 Å². The van der Waals surface area contributed by atoms with Crippen LogP contribution in [0.2, 0.25) is 0 Å². The fourth-order valence-electron chi connectivity index (χ4n) is 3.21. The summed E-state index contributed by atoms with van der Waals surface area (Å²) in [7, 11) is 0. The predicted molar refractivity (Wildman–Crippen MR) is 104 cm³/mol. The van der Waals surface area contributed by atoms with Crippen molar-refractivity contribution >= 4 is 17.7 Å². The molecule has 0 unspecified atom stereocenters. The Morgan fingerprint density at radius 3 is 2.32 bits per heavy atom. The van der Waals surface area contributed by atoms with E-state index >= 15 is 0 Å². The van der Waals surface area contributed by atoms with E-state index in [0.717, 1.165) is 17.0 Å². The molecular weight excluding hydrogens is 328 g/mol. The summed E-state index contributed by atoms with van der Waals surface area (Å²) in [4.78, 5) is 14.8. The smallest absolute Gasteiger partial charge is 0.230 e. The van der Waals surface area contributed by atoms with Crippen molar-refractivity contribution in [2.24, 2.45) is 0 Å². The summed E-state index contributed by atoms with van der Waals surface area (Å²) in [5.74, 6) is 0.538. The monoisotopic (exact) mass is 355 g/mol. The van der Waals surface area contributed by atoms with Crippen LogP contribution < -0.4 is 10.2 Å². The van der Waals surface area contributed by atoms with Crippen molar-refractivity contribution in [3.05, 3.63) is 65.7 Å². The van der Waals surface area contributed by atoms with Gasteiger partial charge in [-0.05, 0) is 37.0 Å². The lowest BCUT2D eigenvalue weighted by atomic mass is 10.1. The van der Waals surface area contributed by atoms with E-state index in [9.17, 15) is 4.79 Å². The SMILES string of the molecule is O=C(CSc1ccccc1)NCc1ccc(C[NH+]2CCCCC2)cc1. The third kappa shape index (κ3) is 6.22. The molecule has 132 valence electrons. The van der Waals surface area contributed by atoms with E-state index in [2.05, 4.69) is 29.6 Å². The van der Waals surface area contributed by atoms with Gasteiger partial charge in [0, 0.05) is 17.0 Å². The molecule has 0 atom stereocenters. The predicted octanol–water partition coefficient (Wildman–Crippen LogP) is 2.66. The van der Waals surface area contributed by atoms with Crippen LogP contribution in [0.5, 0.6) is 0 Å². The molecule has 1 aliphatic rings. The second kappa shape index (κ2) is 9.64. The maximum absolute atomic E-state index is 12.0. The van der Waals surface area contributed by atoms with Gasteiger partial charge in [0.1, 0.15) is 6.54 Å². The van der Waals surface area contributed by atoms with Crippen molar-refractivity contribution in [1.29, 1.82) is 0 Å². The number of hydrogen-bond donors (Lipinski definition) is 2. The molecule has 0 spiro atoms. The molecule has 2 aromatic rings. The van der Waals surface area contributed by atoms with Crippen LogP contribution in [0.3, 0.4) is 0 Å². The van der Waals surface area contributed by atoms with Crippen molar-refractivity contribution in [2.75, 3.05) is 18.8 Å². The Morgan fingerprint density at radius 1 is 0.920 bits per heavy atom. The fraction of sp³-hybridized carbons (Fsp3) is 0.381. The summed E-state index contributed by atoms with van der Waals surface area (Å²) in [5, 5.41) is 3.01. The molecule has 1 heterocycles. The average molecular weight is 356 g/mol. The van der Waals surface area contributed by atoms with Gasteiger partial charge in [-0.2, -0.15) is 0 Å². The fourth-order valence-corrected chi connectivity index (χ4v) is 3.96. The molecule has 1 fully saturated rings. The normalized spacial score (nSPS) is 15.0. The van der Waals surface area contributed by atoms with Crippen LogP contribution in [-0.2, 0) is 17.9 Å². The number of rotatable bonds is 7. The van der Waals surface area contributed by atoms with Crippen molar-refractivity contribution in [3.63, 3.8) is 0 Å². The third-order valence-corrected chi connectivity index (χ3v) is 5.65. The first-order valence-electron chi connectivity index (χ1n) is 9.15. The number of quaternary nitrogens is 1. The van der Waals surface area contributed by atoms with Gasteiger partial charge in [0.2, 0.25) is 5.91 Å². The Bertz CT molecular complexity index is 651. The zero-order valence-corrected chi connectivity index (χ0v) is 15.5. The van der Waals surface area contributed by atoms with Crippen LogP contribution in [-0.4, -0.2) is 24.7 Å². The lowest BCUT2D eigenvalue weighted by molar-refractivity contribution is -0.918. The van der Waals surface area contributed by atoms with Crippen molar-refractivity contribution < 1.29 is 9.69 Å². The highest BCUT2D eigenvalue weighted by atomic mass is 32.2. The molecular formula is C21H27N2OS+. The van der Waals surface area contributed by atoms with Gasteiger partial charge in [-0.15, -0.1) is 11.8 Å². The first-order valence-corrected chi connectivity index (χ1v) is 10.1. The van der Waals surface area contributed by atoms with E-state index in [1.807, 2.05) is 30.3 Å². The topological polar surface area (TPSA) is 33.5 Å². The summed E-state index contributed by atoms with van der Waals surface area (Å²) in [6, 6.07) is 18.7. The molecule has 0 saturated carbocycles. The second-order valence-electron chi connectivity index (χ2n) is 6.68. The first-order chi connectivity index (χ1) is 12.3. The summed E-state index contributed by atoms with van der Waals surface area (Å²) in [5.41, 5.74) is 2.56. The van der Waals surface area contributed by atoms with Gasteiger partial charge in [-0.1, -0.05) is 42.5 Å². The minimum Gasteiger partial charge on any atom is -0.351 e. The Balaban J connectivity index is 1.39. The largest absolute Gasteiger partial charge is 0.351 e. The van der Waals surface area contributed by atoms with Gasteiger partial charge < -0.3 is 10.2 Å². The molecule has 2 aromatic carbocycles. The Morgan fingerprint density at radius 2 is 1.60 bits per heavy atom. The molecule has 3 rings (SSSR count). The number of nitrogens with one attached hydrogen (secondary N) is 2. The number of piperidine rings is 1. The van der Waals surface area contributed by atoms with Crippen molar-refractivity contribution in [2.45, 2.75) is 37.2 Å². The van der Waals surface area contributed by atoms with Gasteiger partial charge in [0.05, 0.1) is 18.8 Å². The number of benzene rings is 2. The molecule has 1 amide bonds. The van der Waals surface area contributed by atoms with Crippen LogP contribution in [0.4, 0.5) is 0 Å². The number of likely N-dealkylation sites (tertiary alicyclic amines) is 1. The summed E-state index contributed by atoms with van der Waals surface area (Å²) in [6.45, 7) is 4.33. The van der Waals surface area contributed by atoms with E-state index < -0.39 is 0 Å². The molecule has 4 heteroatoms. The Hall–Kier alpha value is -1.78. The Kier molecular flexibility index (Phi) is 6.95. The van der Waals surface area contributed by atoms with Crippen LogP contribution >= 0.6 is 11.8 Å². The standard InChI is InChI=1S/C21H26N2OS/c24-21(17-25-20-7-3-1-4-8-20)22-15-18-9-11-19(12-10-18)16-23-13-5-2-6-14-23/h1,3-4,7-12H,2,5-6,13-17H2,(H,22,24)/p+1.